The zero-order chi connectivity index (χ0) is 32.4. The average Bonchev–Trinajstić information content (AvgIpc) is 3.13. The summed E-state index contributed by atoms with van der Waals surface area (Å²) < 4.78 is 40.2. The number of nitrogens with zero attached hydrogens (tertiary/aromatic N) is 1. The van der Waals surface area contributed by atoms with Crippen LogP contribution < -0.4 is 27.0 Å². The van der Waals surface area contributed by atoms with Gasteiger partial charge in [0.25, 0.3) is 0 Å². The number of anilines is 3. The molecule has 234 valence electrons. The van der Waals surface area contributed by atoms with E-state index in [1.165, 1.54) is 13.0 Å². The molecule has 3 aromatic carbocycles. The van der Waals surface area contributed by atoms with E-state index >= 15 is 0 Å². The zero-order valence-corrected chi connectivity index (χ0v) is 24.7. The third-order valence-corrected chi connectivity index (χ3v) is 8.38. The number of fused-ring (bicyclic) bond motifs is 1. The van der Waals surface area contributed by atoms with Gasteiger partial charge in [0, 0.05) is 29.0 Å². The highest BCUT2D eigenvalue weighted by Gasteiger charge is 2.56. The number of aliphatic hydroxyl groups is 1. The molecule has 3 aromatic rings. The number of nitrogens with one attached hydrogen (secondary N) is 2. The Labute approximate surface area is 253 Å². The van der Waals surface area contributed by atoms with Gasteiger partial charge in [-0.05, 0) is 81.1 Å². The topological polar surface area (TPSA) is 151 Å². The van der Waals surface area contributed by atoms with Crippen molar-refractivity contribution in [3.63, 3.8) is 0 Å². The van der Waals surface area contributed by atoms with Crippen molar-refractivity contribution < 1.29 is 32.7 Å². The van der Waals surface area contributed by atoms with Gasteiger partial charge in [0.05, 0.1) is 29.2 Å². The number of carbonyl (C=O) groups is 3. The van der Waals surface area contributed by atoms with Crippen LogP contribution in [0.5, 0.6) is 0 Å². The molecule has 9 nitrogen and oxygen atoms in total. The minimum absolute atomic E-state index is 0.0126. The molecule has 1 aliphatic heterocycles. The molecule has 7 N–H and O–H groups in total. The predicted octanol–water partition coefficient (Wildman–Crippen LogP) is 4.93. The first-order valence-electron chi connectivity index (χ1n) is 14.1. The van der Waals surface area contributed by atoms with Gasteiger partial charge in [-0.1, -0.05) is 30.3 Å². The summed E-state index contributed by atoms with van der Waals surface area (Å²) in [7, 11) is 0. The van der Waals surface area contributed by atoms with Crippen molar-refractivity contribution in [2.24, 2.45) is 17.1 Å². The number of nitrogens with two attached hydrogens (primary N) is 2. The van der Waals surface area contributed by atoms with E-state index in [1.807, 2.05) is 12.1 Å². The van der Waals surface area contributed by atoms with Crippen LogP contribution in [0.3, 0.4) is 0 Å². The van der Waals surface area contributed by atoms with E-state index in [0.29, 0.717) is 5.69 Å². The maximum absolute atomic E-state index is 14.6. The van der Waals surface area contributed by atoms with Crippen LogP contribution in [0.25, 0.3) is 11.1 Å². The maximum atomic E-state index is 14.6. The number of aliphatic hydroxyl groups excluding tert-OH is 1. The summed E-state index contributed by atoms with van der Waals surface area (Å²) in [5, 5.41) is 14.5. The summed E-state index contributed by atoms with van der Waals surface area (Å²) in [5.41, 5.74) is 11.4. The van der Waals surface area contributed by atoms with Crippen molar-refractivity contribution in [2.45, 2.75) is 45.3 Å². The van der Waals surface area contributed by atoms with Crippen molar-refractivity contribution in [1.82, 2.24) is 5.32 Å². The first-order valence-corrected chi connectivity index (χ1v) is 14.1. The van der Waals surface area contributed by atoms with E-state index in [-0.39, 0.29) is 42.9 Å². The number of imide groups is 1. The van der Waals surface area contributed by atoms with Crippen LogP contribution in [0.4, 0.5) is 35.0 Å². The quantitative estimate of drug-likeness (QED) is 0.239. The molecule has 4 rings (SSSR count). The Morgan fingerprint density at radius 2 is 1.70 bits per heavy atom. The number of nitrogen functional groups attached to an aromatic ring is 1. The minimum Gasteiger partial charge on any atom is -0.398 e. The van der Waals surface area contributed by atoms with E-state index in [9.17, 15) is 32.7 Å². The number of hydrogen-bond acceptors (Lipinski definition) is 6. The van der Waals surface area contributed by atoms with Gasteiger partial charge in [0.2, 0.25) is 11.8 Å². The molecule has 4 amide bonds. The predicted molar refractivity (Wildman–Crippen MR) is 163 cm³/mol. The van der Waals surface area contributed by atoms with E-state index in [2.05, 4.69) is 10.6 Å². The molecule has 44 heavy (non-hydrogen) atoms. The molecule has 0 saturated heterocycles. The molecule has 0 aliphatic carbocycles. The summed E-state index contributed by atoms with van der Waals surface area (Å²) in [4.78, 5) is 42.7. The summed E-state index contributed by atoms with van der Waals surface area (Å²) in [6.07, 6.45) is -4.54. The van der Waals surface area contributed by atoms with Gasteiger partial charge in [-0.15, -0.1) is 0 Å². The smallest absolute Gasteiger partial charge is 0.398 e. The second kappa shape index (κ2) is 12.3. The van der Waals surface area contributed by atoms with Crippen molar-refractivity contribution in [1.29, 1.82) is 0 Å². The number of carbonyl (C=O) groups excluding carboxylic acids is 3. The molecule has 0 aromatic heterocycles. The molecule has 0 saturated carbocycles. The van der Waals surface area contributed by atoms with Gasteiger partial charge in [0.15, 0.2) is 0 Å². The van der Waals surface area contributed by atoms with Crippen LogP contribution in [-0.4, -0.2) is 41.6 Å². The van der Waals surface area contributed by atoms with Crippen LogP contribution in [0.2, 0.25) is 0 Å². The lowest BCUT2D eigenvalue weighted by atomic mass is 9.62. The molecule has 0 bridgehead atoms. The number of alkyl halides is 3. The van der Waals surface area contributed by atoms with Gasteiger partial charge in [-0.2, -0.15) is 13.2 Å². The molecule has 1 unspecified atom stereocenters. The van der Waals surface area contributed by atoms with Crippen LogP contribution in [0.15, 0.2) is 66.7 Å². The fourth-order valence-corrected chi connectivity index (χ4v) is 5.53. The second-order valence-electron chi connectivity index (χ2n) is 11.6. The molecular formula is C32H36F3N5O4. The normalized spacial score (nSPS) is 16.6. The van der Waals surface area contributed by atoms with Crippen molar-refractivity contribution in [2.75, 3.05) is 29.1 Å². The summed E-state index contributed by atoms with van der Waals surface area (Å²) >= 11 is 0. The van der Waals surface area contributed by atoms with Gasteiger partial charge in [-0.25, -0.2) is 9.69 Å². The van der Waals surface area contributed by atoms with Crippen molar-refractivity contribution in [3.8, 4) is 11.1 Å². The highest BCUT2D eigenvalue weighted by molar-refractivity contribution is 6.17. The molecule has 0 fully saturated rings. The first kappa shape index (κ1) is 32.5. The average molecular weight is 612 g/mol. The summed E-state index contributed by atoms with van der Waals surface area (Å²) in [5.74, 6) is -2.54. The standard InChI is InChI=1S/C32H36F3N5O4/c1-30(2,37)31(3,24-14-10-20-18-21(32(33,34)35)11-15-26(20)39-27(24)42)28(43)40(29(44)38-16-17-41)22-12-8-19(9-13-22)23-6-4-5-7-25(23)36/h4-9,11-13,15,18,24,41H,10,14,16-17,36-37H2,1-3H3,(H,38,44)(H,39,42)/t24-,31?/m0/s1. The summed E-state index contributed by atoms with van der Waals surface area (Å²) in [6, 6.07) is 15.9. The molecule has 1 heterocycles. The molecule has 0 spiro atoms. The van der Waals surface area contributed by atoms with Crippen molar-refractivity contribution in [3.05, 3.63) is 77.9 Å². The highest BCUT2D eigenvalue weighted by atomic mass is 19.4. The first-order chi connectivity index (χ1) is 20.6. The number of aryl methyl sites for hydroxylation is 1. The molecule has 0 radical (unpaired) electrons. The van der Waals surface area contributed by atoms with Crippen LogP contribution >= 0.6 is 0 Å². The van der Waals surface area contributed by atoms with Gasteiger partial charge >= 0.3 is 12.2 Å². The van der Waals surface area contributed by atoms with E-state index in [1.54, 1.807) is 50.2 Å². The zero-order valence-electron chi connectivity index (χ0n) is 24.7. The number of rotatable bonds is 7. The van der Waals surface area contributed by atoms with E-state index < -0.39 is 46.5 Å². The Kier molecular flexibility index (Phi) is 9.08. The van der Waals surface area contributed by atoms with Crippen LogP contribution in [0, 0.1) is 11.3 Å². The molecule has 12 heteroatoms. The lowest BCUT2D eigenvalue weighted by molar-refractivity contribution is -0.141. The number of halogens is 3. The number of benzene rings is 3. The van der Waals surface area contributed by atoms with Crippen LogP contribution in [-0.2, 0) is 22.2 Å². The maximum Gasteiger partial charge on any atom is 0.416 e. The Morgan fingerprint density at radius 1 is 1.05 bits per heavy atom. The Hall–Kier alpha value is -4.42. The third-order valence-electron chi connectivity index (χ3n) is 8.38. The third kappa shape index (κ3) is 6.27. The lowest BCUT2D eigenvalue weighted by Gasteiger charge is -2.46. The van der Waals surface area contributed by atoms with E-state index in [0.717, 1.165) is 28.2 Å². The van der Waals surface area contributed by atoms with Gasteiger partial charge in [0.1, 0.15) is 0 Å². The molecular weight excluding hydrogens is 575 g/mol. The lowest BCUT2D eigenvalue weighted by Crippen LogP contribution is -2.65. The Bertz CT molecular complexity index is 1550. The highest BCUT2D eigenvalue weighted by Crippen LogP contribution is 2.45. The SMILES string of the molecule is CC(C)(N)C(C)(C(=O)N(C(=O)NCCO)c1ccc(-c2ccccc2N)cc1)[C@H]1CCc2cc(C(F)(F)F)ccc2NC1=O. The van der Waals surface area contributed by atoms with Crippen molar-refractivity contribution >= 4 is 34.9 Å². The fourth-order valence-electron chi connectivity index (χ4n) is 5.53. The number of amides is 4. The van der Waals surface area contributed by atoms with Gasteiger partial charge < -0.3 is 27.2 Å². The van der Waals surface area contributed by atoms with Crippen LogP contribution in [0.1, 0.15) is 38.3 Å². The number of para-hydroxylation sites is 1. The number of hydrogen-bond donors (Lipinski definition) is 5. The van der Waals surface area contributed by atoms with Gasteiger partial charge in [-0.3, -0.25) is 9.59 Å². The second-order valence-corrected chi connectivity index (χ2v) is 11.6. The summed E-state index contributed by atoms with van der Waals surface area (Å²) in [6.45, 7) is 4.07. The Morgan fingerprint density at radius 3 is 2.30 bits per heavy atom. The monoisotopic (exact) mass is 611 g/mol. The fraction of sp³-hybridized carbons (Fsp3) is 0.344. The molecule has 2 atom stereocenters. The van der Waals surface area contributed by atoms with E-state index in [4.69, 9.17) is 11.5 Å². The molecule has 1 aliphatic rings. The number of urea groups is 1. The Balaban J connectivity index is 1.76. The largest absolute Gasteiger partial charge is 0.416 e. The minimum atomic E-state index is -4.57.